The van der Waals surface area contributed by atoms with Gasteiger partial charge >= 0.3 is 0 Å². The number of aromatic nitrogens is 2. The Morgan fingerprint density at radius 2 is 1.97 bits per heavy atom. The number of anilines is 1. The van der Waals surface area contributed by atoms with Gasteiger partial charge in [-0.1, -0.05) is 12.1 Å². The van der Waals surface area contributed by atoms with E-state index in [-0.39, 0.29) is 11.8 Å². The number of fused-ring (bicyclic) bond motifs is 1. The second kappa shape index (κ2) is 7.84. The molecule has 4 heterocycles. The number of carbonyl (C=O) groups is 2. The molecule has 29 heavy (non-hydrogen) atoms. The van der Waals surface area contributed by atoms with Crippen molar-refractivity contribution in [2.75, 3.05) is 24.5 Å². The van der Waals surface area contributed by atoms with Crippen LogP contribution in [-0.4, -0.2) is 46.3 Å². The van der Waals surface area contributed by atoms with Crippen molar-refractivity contribution in [3.05, 3.63) is 40.3 Å². The van der Waals surface area contributed by atoms with Gasteiger partial charge in [0.2, 0.25) is 11.8 Å². The van der Waals surface area contributed by atoms with E-state index in [9.17, 15) is 9.59 Å². The van der Waals surface area contributed by atoms with Crippen molar-refractivity contribution in [1.82, 2.24) is 14.9 Å². The molecular weight excluding hydrogens is 404 g/mol. The van der Waals surface area contributed by atoms with Crippen LogP contribution in [0.3, 0.4) is 0 Å². The number of hydrogen-bond donors (Lipinski definition) is 0. The van der Waals surface area contributed by atoms with E-state index in [1.165, 1.54) is 21.0 Å². The molecule has 2 amide bonds. The first-order chi connectivity index (χ1) is 14.2. The maximum atomic E-state index is 12.7. The second-order valence-electron chi connectivity index (χ2n) is 7.62. The van der Waals surface area contributed by atoms with Crippen molar-refractivity contribution >= 4 is 49.8 Å². The van der Waals surface area contributed by atoms with Crippen molar-refractivity contribution in [2.24, 2.45) is 0 Å². The Kier molecular flexibility index (Phi) is 5.05. The smallest absolute Gasteiger partial charge is 0.228 e. The standard InChI is InChI=1S/C21H22N4O2S2/c26-18-6-3-9-25(18)21-22-15(13-28-21)12-19(27)24-10-7-14(8-11-24)20-23-16-4-1-2-5-17(16)29-20/h1-2,4-5,13-14H,3,6-12H2. The molecule has 5 rings (SSSR count). The molecule has 2 aliphatic heterocycles. The van der Waals surface area contributed by atoms with Crippen LogP contribution in [0, 0.1) is 0 Å². The third-order valence-corrected chi connectivity index (χ3v) is 7.79. The van der Waals surface area contributed by atoms with Crippen LogP contribution >= 0.6 is 22.7 Å². The van der Waals surface area contributed by atoms with Gasteiger partial charge in [0, 0.05) is 37.4 Å². The van der Waals surface area contributed by atoms with Crippen LogP contribution in [0.4, 0.5) is 5.13 Å². The van der Waals surface area contributed by atoms with E-state index in [2.05, 4.69) is 23.2 Å². The van der Waals surface area contributed by atoms with E-state index in [4.69, 9.17) is 4.98 Å². The molecule has 0 saturated carbocycles. The highest BCUT2D eigenvalue weighted by Gasteiger charge is 2.27. The van der Waals surface area contributed by atoms with Crippen molar-refractivity contribution in [1.29, 1.82) is 0 Å². The summed E-state index contributed by atoms with van der Waals surface area (Å²) in [5.41, 5.74) is 1.84. The van der Waals surface area contributed by atoms with Crippen LogP contribution in [0.15, 0.2) is 29.6 Å². The molecule has 0 bridgehead atoms. The van der Waals surface area contributed by atoms with Gasteiger partial charge in [-0.15, -0.1) is 22.7 Å². The van der Waals surface area contributed by atoms with Gasteiger partial charge < -0.3 is 4.90 Å². The van der Waals surface area contributed by atoms with Gasteiger partial charge in [0.25, 0.3) is 0 Å². The van der Waals surface area contributed by atoms with Crippen LogP contribution in [-0.2, 0) is 16.0 Å². The normalized spacial score (nSPS) is 18.1. The minimum absolute atomic E-state index is 0.123. The Labute approximate surface area is 177 Å². The van der Waals surface area contributed by atoms with E-state index < -0.39 is 0 Å². The molecule has 2 aliphatic rings. The fraction of sp³-hybridized carbons (Fsp3) is 0.429. The monoisotopic (exact) mass is 426 g/mol. The van der Waals surface area contributed by atoms with Crippen molar-refractivity contribution in [2.45, 2.75) is 38.0 Å². The summed E-state index contributed by atoms with van der Waals surface area (Å²) >= 11 is 3.23. The molecule has 2 fully saturated rings. The topological polar surface area (TPSA) is 66.4 Å². The molecule has 2 saturated heterocycles. The molecule has 0 aliphatic carbocycles. The number of rotatable bonds is 4. The summed E-state index contributed by atoms with van der Waals surface area (Å²) in [6.45, 7) is 2.26. The summed E-state index contributed by atoms with van der Waals surface area (Å²) in [5, 5.41) is 3.83. The van der Waals surface area contributed by atoms with E-state index in [1.807, 2.05) is 16.3 Å². The number of amides is 2. The quantitative estimate of drug-likeness (QED) is 0.636. The number of hydrogen-bond acceptors (Lipinski definition) is 6. The fourth-order valence-electron chi connectivity index (χ4n) is 4.06. The number of nitrogens with zero attached hydrogens (tertiary/aromatic N) is 4. The average Bonchev–Trinajstić information content (AvgIpc) is 3.47. The number of piperidine rings is 1. The zero-order valence-electron chi connectivity index (χ0n) is 16.0. The fourth-order valence-corrected chi connectivity index (χ4v) is 6.06. The lowest BCUT2D eigenvalue weighted by Gasteiger charge is -2.31. The molecule has 0 atom stereocenters. The molecule has 1 aromatic carbocycles. The zero-order valence-corrected chi connectivity index (χ0v) is 17.7. The number of benzene rings is 1. The maximum absolute atomic E-state index is 12.7. The summed E-state index contributed by atoms with van der Waals surface area (Å²) in [6.07, 6.45) is 3.70. The molecule has 0 unspecified atom stereocenters. The molecule has 0 spiro atoms. The Morgan fingerprint density at radius 1 is 1.14 bits per heavy atom. The van der Waals surface area contributed by atoms with Crippen molar-refractivity contribution in [3.8, 4) is 0 Å². The lowest BCUT2D eigenvalue weighted by atomic mass is 9.97. The van der Waals surface area contributed by atoms with Crippen molar-refractivity contribution < 1.29 is 9.59 Å². The summed E-state index contributed by atoms with van der Waals surface area (Å²) in [6, 6.07) is 8.25. The highest BCUT2D eigenvalue weighted by atomic mass is 32.1. The van der Waals surface area contributed by atoms with Crippen molar-refractivity contribution in [3.63, 3.8) is 0 Å². The second-order valence-corrected chi connectivity index (χ2v) is 9.52. The lowest BCUT2D eigenvalue weighted by molar-refractivity contribution is -0.131. The molecule has 8 heteroatoms. The van der Waals surface area contributed by atoms with Gasteiger partial charge in [-0.05, 0) is 31.4 Å². The first-order valence-electron chi connectivity index (χ1n) is 10.1. The lowest BCUT2D eigenvalue weighted by Crippen LogP contribution is -2.38. The highest BCUT2D eigenvalue weighted by molar-refractivity contribution is 7.18. The number of carbonyl (C=O) groups excluding carboxylic acids is 2. The van der Waals surface area contributed by atoms with Gasteiger partial charge in [0.1, 0.15) is 0 Å². The van der Waals surface area contributed by atoms with Crippen LogP contribution < -0.4 is 4.90 Å². The molecule has 3 aromatic rings. The predicted octanol–water partition coefficient (Wildman–Crippen LogP) is 3.83. The van der Waals surface area contributed by atoms with E-state index in [0.717, 1.165) is 55.2 Å². The first-order valence-corrected chi connectivity index (χ1v) is 11.7. The SMILES string of the molecule is O=C(Cc1csc(N2CCCC2=O)n1)N1CCC(c2nc3ccccc3s2)CC1. The first kappa shape index (κ1) is 18.7. The van der Waals surface area contributed by atoms with Gasteiger partial charge in [-0.2, -0.15) is 0 Å². The summed E-state index contributed by atoms with van der Waals surface area (Å²) in [4.78, 5) is 37.6. The van der Waals surface area contributed by atoms with Crippen LogP contribution in [0.25, 0.3) is 10.2 Å². The summed E-state index contributed by atoms with van der Waals surface area (Å²) < 4.78 is 1.23. The molecular formula is C21H22N4O2S2. The minimum atomic E-state index is 0.123. The largest absolute Gasteiger partial charge is 0.342 e. The Bertz CT molecular complexity index is 1020. The Balaban J connectivity index is 1.18. The van der Waals surface area contributed by atoms with E-state index in [0.29, 0.717) is 18.8 Å². The third-order valence-electron chi connectivity index (χ3n) is 5.68. The van der Waals surface area contributed by atoms with Gasteiger partial charge in [0.05, 0.1) is 27.3 Å². The summed E-state index contributed by atoms with van der Waals surface area (Å²) in [5.74, 6) is 0.690. The molecule has 6 nitrogen and oxygen atoms in total. The van der Waals surface area contributed by atoms with E-state index in [1.54, 1.807) is 16.2 Å². The zero-order chi connectivity index (χ0) is 19.8. The van der Waals surface area contributed by atoms with Gasteiger partial charge in [-0.3, -0.25) is 14.5 Å². The average molecular weight is 427 g/mol. The van der Waals surface area contributed by atoms with Crippen LogP contribution in [0.1, 0.15) is 42.3 Å². The number of para-hydroxylation sites is 1. The number of likely N-dealkylation sites (tertiary alicyclic amines) is 1. The minimum Gasteiger partial charge on any atom is -0.342 e. The van der Waals surface area contributed by atoms with Gasteiger partial charge in [0.15, 0.2) is 5.13 Å². The Hall–Kier alpha value is -2.32. The Morgan fingerprint density at radius 3 is 2.72 bits per heavy atom. The van der Waals surface area contributed by atoms with Gasteiger partial charge in [-0.25, -0.2) is 9.97 Å². The molecule has 2 aromatic heterocycles. The number of thiazole rings is 2. The van der Waals surface area contributed by atoms with Crippen LogP contribution in [0.2, 0.25) is 0 Å². The summed E-state index contributed by atoms with van der Waals surface area (Å²) in [7, 11) is 0. The highest BCUT2D eigenvalue weighted by Crippen LogP contribution is 2.34. The third kappa shape index (κ3) is 3.79. The van der Waals surface area contributed by atoms with Crippen LogP contribution in [0.5, 0.6) is 0 Å². The molecule has 150 valence electrons. The maximum Gasteiger partial charge on any atom is 0.228 e. The predicted molar refractivity (Wildman–Crippen MR) is 116 cm³/mol. The molecule has 0 radical (unpaired) electrons. The van der Waals surface area contributed by atoms with E-state index >= 15 is 0 Å². The molecule has 0 N–H and O–H groups in total.